The maximum absolute atomic E-state index is 13.3. The molecule has 2 amide bonds. The number of hydrogen-bond donors (Lipinski definition) is 2. The molecule has 2 aromatic heterocycles. The number of rotatable bonds is 8. The number of nitrogens with zero attached hydrogens (tertiary/aromatic N) is 3. The molecular weight excluding hydrogens is 442 g/mol. The number of amides is 2. The van der Waals surface area contributed by atoms with E-state index in [1.807, 2.05) is 31.2 Å². The number of para-hydroxylation sites is 1. The van der Waals surface area contributed by atoms with E-state index >= 15 is 0 Å². The fraction of sp³-hybridized carbons (Fsp3) is 0.391. The molecule has 3 aromatic rings. The van der Waals surface area contributed by atoms with E-state index in [1.54, 1.807) is 14.2 Å². The van der Waals surface area contributed by atoms with Gasteiger partial charge in [0.05, 0.1) is 23.4 Å². The van der Waals surface area contributed by atoms with Crippen molar-refractivity contribution >= 4 is 39.1 Å². The summed E-state index contributed by atoms with van der Waals surface area (Å²) in [5, 5.41) is 3.76. The number of thiophene rings is 1. The number of nitrogens with two attached hydrogens (primary N) is 1. The second kappa shape index (κ2) is 9.82. The Bertz CT molecular complexity index is 1200. The van der Waals surface area contributed by atoms with E-state index in [0.29, 0.717) is 33.6 Å². The number of aromatic nitrogens is 2. The summed E-state index contributed by atoms with van der Waals surface area (Å²) in [4.78, 5) is 37.2. The molecule has 1 saturated heterocycles. The van der Waals surface area contributed by atoms with Crippen LogP contribution in [-0.2, 0) is 22.7 Å². The summed E-state index contributed by atoms with van der Waals surface area (Å²) in [6, 6.07) is 7.34. The third-order valence-corrected chi connectivity index (χ3v) is 6.99. The van der Waals surface area contributed by atoms with Crippen LogP contribution in [0.25, 0.3) is 10.2 Å². The molecule has 1 atom stereocenters. The molecule has 10 heteroatoms. The highest BCUT2D eigenvalue weighted by atomic mass is 32.1. The van der Waals surface area contributed by atoms with Crippen molar-refractivity contribution in [3.8, 4) is 5.88 Å². The van der Waals surface area contributed by atoms with Crippen molar-refractivity contribution in [1.29, 1.82) is 0 Å². The average Bonchev–Trinajstić information content (AvgIpc) is 3.39. The normalized spacial score (nSPS) is 16.3. The summed E-state index contributed by atoms with van der Waals surface area (Å²) in [7, 11) is 3.12. The molecule has 174 valence electrons. The van der Waals surface area contributed by atoms with Crippen LogP contribution in [0.2, 0.25) is 0 Å². The first-order chi connectivity index (χ1) is 15.9. The van der Waals surface area contributed by atoms with E-state index in [-0.39, 0.29) is 24.5 Å². The van der Waals surface area contributed by atoms with Gasteiger partial charge < -0.3 is 20.5 Å². The van der Waals surface area contributed by atoms with Crippen molar-refractivity contribution in [3.05, 3.63) is 46.1 Å². The molecule has 1 aliphatic rings. The molecule has 9 nitrogen and oxygen atoms in total. The molecule has 3 heterocycles. The minimum atomic E-state index is -0.308. The molecule has 1 fully saturated rings. The minimum Gasteiger partial charge on any atom is -0.480 e. The van der Waals surface area contributed by atoms with Crippen molar-refractivity contribution in [2.75, 3.05) is 26.1 Å². The molecule has 4 rings (SSSR count). The number of likely N-dealkylation sites (tertiary alicyclic amines) is 1. The Morgan fingerprint density at radius 3 is 2.79 bits per heavy atom. The second-order valence-electron chi connectivity index (χ2n) is 7.96. The fourth-order valence-electron chi connectivity index (χ4n) is 4.22. The van der Waals surface area contributed by atoms with Gasteiger partial charge in [-0.25, -0.2) is 4.98 Å². The SMILES string of the molecule is COCc1nc(OC)c2c(C)c(C(=O)Nc3ccccc3CN3CCCC3C(N)=O)sc2n1. The molecule has 0 aliphatic carbocycles. The Morgan fingerprint density at radius 2 is 2.06 bits per heavy atom. The number of carbonyl (C=O) groups excluding carboxylic acids is 2. The second-order valence-corrected chi connectivity index (χ2v) is 8.96. The maximum atomic E-state index is 13.3. The van der Waals surface area contributed by atoms with Gasteiger partial charge in [-0.3, -0.25) is 14.5 Å². The number of ether oxygens (including phenoxy) is 2. The van der Waals surface area contributed by atoms with Crippen LogP contribution in [0.1, 0.15) is 39.5 Å². The molecule has 1 aliphatic heterocycles. The first kappa shape index (κ1) is 23.1. The van der Waals surface area contributed by atoms with Crippen molar-refractivity contribution in [2.45, 2.75) is 39.0 Å². The summed E-state index contributed by atoms with van der Waals surface area (Å²) in [5.74, 6) is 0.380. The van der Waals surface area contributed by atoms with E-state index < -0.39 is 0 Å². The highest BCUT2D eigenvalue weighted by molar-refractivity contribution is 7.20. The van der Waals surface area contributed by atoms with Gasteiger partial charge in [0.2, 0.25) is 11.8 Å². The minimum absolute atomic E-state index is 0.230. The van der Waals surface area contributed by atoms with Crippen LogP contribution in [0, 0.1) is 6.92 Å². The fourth-order valence-corrected chi connectivity index (χ4v) is 5.30. The molecule has 1 aromatic carbocycles. The lowest BCUT2D eigenvalue weighted by atomic mass is 10.1. The van der Waals surface area contributed by atoms with Gasteiger partial charge in [-0.2, -0.15) is 4.98 Å². The molecule has 33 heavy (non-hydrogen) atoms. The van der Waals surface area contributed by atoms with Crippen LogP contribution in [0.15, 0.2) is 24.3 Å². The lowest BCUT2D eigenvalue weighted by Gasteiger charge is -2.23. The summed E-state index contributed by atoms with van der Waals surface area (Å²) in [6.45, 7) is 3.45. The third kappa shape index (κ3) is 4.68. The summed E-state index contributed by atoms with van der Waals surface area (Å²) in [5.41, 5.74) is 7.96. The number of benzene rings is 1. The van der Waals surface area contributed by atoms with Gasteiger partial charge in [-0.05, 0) is 43.5 Å². The summed E-state index contributed by atoms with van der Waals surface area (Å²) in [6.07, 6.45) is 1.69. The monoisotopic (exact) mass is 469 g/mol. The van der Waals surface area contributed by atoms with Crippen LogP contribution >= 0.6 is 11.3 Å². The Balaban J connectivity index is 1.61. The molecule has 0 bridgehead atoms. The van der Waals surface area contributed by atoms with Crippen molar-refractivity contribution in [3.63, 3.8) is 0 Å². The van der Waals surface area contributed by atoms with Crippen LogP contribution in [0.3, 0.4) is 0 Å². The van der Waals surface area contributed by atoms with Crippen molar-refractivity contribution in [2.24, 2.45) is 5.73 Å². The van der Waals surface area contributed by atoms with Crippen LogP contribution in [0.5, 0.6) is 5.88 Å². The molecular formula is C23H27N5O4S. The number of anilines is 1. The average molecular weight is 470 g/mol. The first-order valence-electron chi connectivity index (χ1n) is 10.7. The number of carbonyl (C=O) groups is 2. The number of primary amides is 1. The first-order valence-corrected chi connectivity index (χ1v) is 11.5. The van der Waals surface area contributed by atoms with E-state index in [0.717, 1.165) is 35.9 Å². The molecule has 0 saturated carbocycles. The largest absolute Gasteiger partial charge is 0.480 e. The maximum Gasteiger partial charge on any atom is 0.266 e. The highest BCUT2D eigenvalue weighted by Gasteiger charge is 2.29. The van der Waals surface area contributed by atoms with Crippen molar-refractivity contribution in [1.82, 2.24) is 14.9 Å². The van der Waals surface area contributed by atoms with Gasteiger partial charge in [0.15, 0.2) is 5.82 Å². The van der Waals surface area contributed by atoms with E-state index in [2.05, 4.69) is 20.2 Å². The highest BCUT2D eigenvalue weighted by Crippen LogP contribution is 2.35. The number of fused-ring (bicyclic) bond motifs is 1. The number of methoxy groups -OCH3 is 2. The quantitative estimate of drug-likeness (QED) is 0.520. The van der Waals surface area contributed by atoms with E-state index in [4.69, 9.17) is 15.2 Å². The predicted octanol–water partition coefficient (Wildman–Crippen LogP) is 2.86. The van der Waals surface area contributed by atoms with Gasteiger partial charge in [0.1, 0.15) is 11.4 Å². The van der Waals surface area contributed by atoms with Crippen LogP contribution < -0.4 is 15.8 Å². The Kier molecular flexibility index (Phi) is 6.87. The lowest BCUT2D eigenvalue weighted by Crippen LogP contribution is -2.39. The lowest BCUT2D eigenvalue weighted by molar-refractivity contribution is -0.122. The van der Waals surface area contributed by atoms with Crippen LogP contribution in [-0.4, -0.2) is 53.5 Å². The third-order valence-electron chi connectivity index (χ3n) is 5.81. The molecule has 3 N–H and O–H groups in total. The zero-order valence-electron chi connectivity index (χ0n) is 18.9. The smallest absolute Gasteiger partial charge is 0.266 e. The standard InChI is InChI=1S/C23H27N5O4S/c1-13-18-22(32-3)26-17(12-31-2)27-23(18)33-19(13)21(30)25-15-8-5-4-7-14(15)11-28-10-6-9-16(28)20(24)29/h4-5,7-8,16H,6,9-12H2,1-3H3,(H2,24,29)(H,25,30). The molecule has 0 spiro atoms. The molecule has 1 unspecified atom stereocenters. The van der Waals surface area contributed by atoms with Gasteiger partial charge in [0, 0.05) is 19.3 Å². The zero-order valence-corrected chi connectivity index (χ0v) is 19.7. The van der Waals surface area contributed by atoms with Gasteiger partial charge in [-0.15, -0.1) is 11.3 Å². The van der Waals surface area contributed by atoms with E-state index in [9.17, 15) is 9.59 Å². The number of hydrogen-bond acceptors (Lipinski definition) is 8. The number of aryl methyl sites for hydroxylation is 1. The Morgan fingerprint density at radius 1 is 1.27 bits per heavy atom. The summed E-state index contributed by atoms with van der Waals surface area (Å²) >= 11 is 1.29. The molecule has 0 radical (unpaired) electrons. The Hall–Kier alpha value is -3.08. The summed E-state index contributed by atoms with van der Waals surface area (Å²) < 4.78 is 10.6. The van der Waals surface area contributed by atoms with Gasteiger partial charge >= 0.3 is 0 Å². The van der Waals surface area contributed by atoms with Crippen LogP contribution in [0.4, 0.5) is 5.69 Å². The number of nitrogens with one attached hydrogen (secondary N) is 1. The van der Waals surface area contributed by atoms with Crippen molar-refractivity contribution < 1.29 is 19.1 Å². The van der Waals surface area contributed by atoms with Gasteiger partial charge in [0.25, 0.3) is 5.91 Å². The van der Waals surface area contributed by atoms with Gasteiger partial charge in [-0.1, -0.05) is 18.2 Å². The Labute approximate surface area is 195 Å². The predicted molar refractivity (Wildman–Crippen MR) is 126 cm³/mol. The topological polar surface area (TPSA) is 120 Å². The van der Waals surface area contributed by atoms with E-state index in [1.165, 1.54) is 11.3 Å². The zero-order chi connectivity index (χ0) is 23.5.